The topological polar surface area (TPSA) is 34.5 Å². The summed E-state index contributed by atoms with van der Waals surface area (Å²) in [5.74, 6) is 0.447. The molecule has 1 spiro atoms. The number of rotatable bonds is 2. The van der Waals surface area contributed by atoms with Gasteiger partial charge >= 0.3 is 0 Å². The highest BCUT2D eigenvalue weighted by Crippen LogP contribution is 2.62. The number of fused-ring (bicyclic) bond motifs is 9. The van der Waals surface area contributed by atoms with E-state index in [1.54, 1.807) is 28.8 Å². The third-order valence-corrected chi connectivity index (χ3v) is 9.50. The van der Waals surface area contributed by atoms with Crippen LogP contribution in [0.1, 0.15) is 27.8 Å². The standard InChI is InChI=1S/C41H26F2N2O2/c1-25-24-44(28-9-3-2-4-10-28)40(46)30-18-17-29(23-31(25)30)45-36-19-15-26(42)21-34(36)41(35-22-27(43)16-20-37(35)45)32-11-5-7-13-38(32)47-39-14-8-6-12-33(39)41/h2-24H,1H3. The van der Waals surface area contributed by atoms with Gasteiger partial charge in [0.05, 0.1) is 16.8 Å². The molecule has 0 N–H and O–H groups in total. The van der Waals surface area contributed by atoms with E-state index in [1.165, 1.54) is 12.1 Å². The van der Waals surface area contributed by atoms with Crippen molar-refractivity contribution in [3.8, 4) is 17.2 Å². The molecule has 9 rings (SSSR count). The molecule has 0 unspecified atom stereocenters. The maximum Gasteiger partial charge on any atom is 0.262 e. The van der Waals surface area contributed by atoms with Crippen molar-refractivity contribution in [1.82, 2.24) is 4.57 Å². The predicted molar refractivity (Wildman–Crippen MR) is 181 cm³/mol. The summed E-state index contributed by atoms with van der Waals surface area (Å²) in [6, 6.07) is 40.3. The number of hydrogen-bond donors (Lipinski definition) is 0. The van der Waals surface area contributed by atoms with E-state index in [-0.39, 0.29) is 5.56 Å². The lowest BCUT2D eigenvalue weighted by Crippen LogP contribution is -2.40. The van der Waals surface area contributed by atoms with Crippen molar-refractivity contribution in [1.29, 1.82) is 0 Å². The molecular formula is C41H26F2N2O2. The second-order valence-corrected chi connectivity index (χ2v) is 12.1. The number of halogens is 2. The molecule has 6 aromatic carbocycles. The molecular weight excluding hydrogens is 590 g/mol. The van der Waals surface area contributed by atoms with Crippen LogP contribution in [0, 0.1) is 18.6 Å². The van der Waals surface area contributed by atoms with E-state index in [0.717, 1.165) is 44.8 Å². The molecule has 0 aliphatic carbocycles. The molecule has 0 amide bonds. The molecule has 226 valence electrons. The van der Waals surface area contributed by atoms with Crippen LogP contribution in [0.25, 0.3) is 16.5 Å². The molecule has 0 saturated heterocycles. The zero-order valence-electron chi connectivity index (χ0n) is 25.2. The van der Waals surface area contributed by atoms with Gasteiger partial charge < -0.3 is 9.64 Å². The molecule has 1 aromatic heterocycles. The number of anilines is 3. The van der Waals surface area contributed by atoms with E-state index in [0.29, 0.717) is 28.0 Å². The van der Waals surface area contributed by atoms with Gasteiger partial charge in [0, 0.05) is 34.1 Å². The Kier molecular flexibility index (Phi) is 5.81. The lowest BCUT2D eigenvalue weighted by atomic mass is 9.61. The first-order valence-electron chi connectivity index (χ1n) is 15.4. The van der Waals surface area contributed by atoms with Gasteiger partial charge in [-0.05, 0) is 108 Å². The summed E-state index contributed by atoms with van der Waals surface area (Å²) in [6.45, 7) is 1.98. The quantitative estimate of drug-likeness (QED) is 0.194. The molecule has 0 saturated carbocycles. The van der Waals surface area contributed by atoms with Crippen LogP contribution >= 0.6 is 0 Å². The average molecular weight is 617 g/mol. The Morgan fingerprint density at radius 2 is 1.15 bits per heavy atom. The summed E-state index contributed by atoms with van der Waals surface area (Å²) >= 11 is 0. The molecule has 2 aliphatic heterocycles. The van der Waals surface area contributed by atoms with Gasteiger partial charge in [0.25, 0.3) is 5.56 Å². The fourth-order valence-electron chi connectivity index (χ4n) is 7.55. The van der Waals surface area contributed by atoms with Crippen molar-refractivity contribution in [2.24, 2.45) is 0 Å². The second kappa shape index (κ2) is 9.99. The highest BCUT2D eigenvalue weighted by Gasteiger charge is 2.51. The Hall–Kier alpha value is -6.01. The van der Waals surface area contributed by atoms with Crippen LogP contribution in [0.15, 0.2) is 144 Å². The van der Waals surface area contributed by atoms with Crippen molar-refractivity contribution in [3.05, 3.63) is 189 Å². The van der Waals surface area contributed by atoms with Crippen LogP contribution in [0.2, 0.25) is 0 Å². The van der Waals surface area contributed by atoms with Crippen LogP contribution in [0.4, 0.5) is 25.8 Å². The van der Waals surface area contributed by atoms with Crippen LogP contribution in [-0.4, -0.2) is 4.57 Å². The summed E-state index contributed by atoms with van der Waals surface area (Å²) in [6.07, 6.45) is 1.86. The molecule has 7 aromatic rings. The van der Waals surface area contributed by atoms with Gasteiger partial charge in [-0.3, -0.25) is 9.36 Å². The van der Waals surface area contributed by atoms with E-state index in [4.69, 9.17) is 4.74 Å². The summed E-state index contributed by atoms with van der Waals surface area (Å²) in [5.41, 5.74) is 5.68. The van der Waals surface area contributed by atoms with E-state index in [1.807, 2.05) is 115 Å². The third kappa shape index (κ3) is 3.82. The molecule has 0 fully saturated rings. The molecule has 6 heteroatoms. The smallest absolute Gasteiger partial charge is 0.262 e. The first-order chi connectivity index (χ1) is 22.9. The normalized spacial score (nSPS) is 13.8. The van der Waals surface area contributed by atoms with Gasteiger partial charge in [0.1, 0.15) is 23.1 Å². The third-order valence-electron chi connectivity index (χ3n) is 9.50. The minimum absolute atomic E-state index is 0.124. The van der Waals surface area contributed by atoms with E-state index in [9.17, 15) is 4.79 Å². The van der Waals surface area contributed by atoms with Gasteiger partial charge in [-0.2, -0.15) is 0 Å². The molecule has 2 aliphatic rings. The number of aromatic nitrogens is 1. The van der Waals surface area contributed by atoms with Crippen LogP contribution in [0.3, 0.4) is 0 Å². The zero-order valence-corrected chi connectivity index (χ0v) is 25.2. The molecule has 4 nitrogen and oxygen atoms in total. The highest BCUT2D eigenvalue weighted by molar-refractivity contribution is 5.95. The van der Waals surface area contributed by atoms with Gasteiger partial charge in [-0.25, -0.2) is 8.78 Å². The lowest BCUT2D eigenvalue weighted by molar-refractivity contribution is 0.433. The summed E-state index contributed by atoms with van der Waals surface area (Å²) in [4.78, 5) is 15.8. The number of nitrogens with zero attached hydrogens (tertiary/aromatic N) is 2. The molecule has 0 radical (unpaired) electrons. The van der Waals surface area contributed by atoms with Gasteiger partial charge in [-0.1, -0.05) is 54.6 Å². The van der Waals surface area contributed by atoms with Gasteiger partial charge in [0.2, 0.25) is 0 Å². The Labute approximate surface area is 269 Å². The Balaban J connectivity index is 1.35. The van der Waals surface area contributed by atoms with Crippen LogP contribution in [-0.2, 0) is 5.41 Å². The number of ether oxygens (including phenoxy) is 1. The minimum atomic E-state index is -1.08. The van der Waals surface area contributed by atoms with Gasteiger partial charge in [-0.15, -0.1) is 0 Å². The highest BCUT2D eigenvalue weighted by atomic mass is 19.1. The Bertz CT molecular complexity index is 2370. The summed E-state index contributed by atoms with van der Waals surface area (Å²) in [5, 5.41) is 1.38. The maximum absolute atomic E-state index is 15.5. The number of hydrogen-bond acceptors (Lipinski definition) is 3. The number of aryl methyl sites for hydroxylation is 1. The maximum atomic E-state index is 15.5. The van der Waals surface area contributed by atoms with Crippen LogP contribution in [0.5, 0.6) is 11.5 Å². The lowest BCUT2D eigenvalue weighted by Gasteiger charge is -2.48. The zero-order chi connectivity index (χ0) is 31.9. The van der Waals surface area contributed by atoms with E-state index < -0.39 is 17.0 Å². The molecule has 47 heavy (non-hydrogen) atoms. The fourth-order valence-corrected chi connectivity index (χ4v) is 7.55. The number of benzene rings is 6. The first kappa shape index (κ1) is 27.3. The number of para-hydroxylation sites is 3. The fraction of sp³-hybridized carbons (Fsp3) is 0.0488. The van der Waals surface area contributed by atoms with E-state index >= 15 is 8.78 Å². The number of pyridine rings is 1. The monoisotopic (exact) mass is 616 g/mol. The summed E-state index contributed by atoms with van der Waals surface area (Å²) in [7, 11) is 0. The van der Waals surface area contributed by atoms with Crippen LogP contribution < -0.4 is 15.2 Å². The first-order valence-corrected chi connectivity index (χ1v) is 15.4. The van der Waals surface area contributed by atoms with Gasteiger partial charge in [0.15, 0.2) is 0 Å². The largest absolute Gasteiger partial charge is 0.457 e. The predicted octanol–water partition coefficient (Wildman–Crippen LogP) is 9.85. The second-order valence-electron chi connectivity index (χ2n) is 12.1. The summed E-state index contributed by atoms with van der Waals surface area (Å²) < 4.78 is 39.0. The van der Waals surface area contributed by atoms with Crippen molar-refractivity contribution in [2.45, 2.75) is 12.3 Å². The van der Waals surface area contributed by atoms with E-state index in [2.05, 4.69) is 0 Å². The minimum Gasteiger partial charge on any atom is -0.457 e. The Morgan fingerprint density at radius 1 is 0.574 bits per heavy atom. The molecule has 0 bridgehead atoms. The molecule has 3 heterocycles. The SMILES string of the molecule is Cc1cn(-c2ccccc2)c(=O)c2ccc(N3c4ccc(F)cc4C4(c5ccccc5Oc5ccccc54)c4cc(F)ccc43)cc12. The molecule has 0 atom stereocenters. The van der Waals surface area contributed by atoms with Crippen molar-refractivity contribution in [2.75, 3.05) is 4.90 Å². The van der Waals surface area contributed by atoms with Crippen molar-refractivity contribution in [3.63, 3.8) is 0 Å². The Morgan fingerprint density at radius 3 is 1.77 bits per heavy atom. The van der Waals surface area contributed by atoms with Crippen molar-refractivity contribution >= 4 is 27.8 Å². The van der Waals surface area contributed by atoms with Crippen molar-refractivity contribution < 1.29 is 13.5 Å². The average Bonchev–Trinajstić information content (AvgIpc) is 3.10.